The van der Waals surface area contributed by atoms with Crippen molar-refractivity contribution in [2.24, 2.45) is 0 Å². The van der Waals surface area contributed by atoms with Crippen LogP contribution in [0, 0.1) is 0 Å². The number of carbonyl (C=O) groups is 1. The topological polar surface area (TPSA) is 29.5 Å². The molecule has 0 aliphatic carbocycles. The molecule has 3 aromatic rings. The lowest BCUT2D eigenvalue weighted by molar-refractivity contribution is -0.120. The number of hydrogen-bond acceptors (Lipinski definition) is 2. The van der Waals surface area contributed by atoms with E-state index < -0.39 is 0 Å². The SMILES string of the molecule is CC1Cc2ccccc2N1C(=O)COc1ccc(-c2ccccc2)cc1. The van der Waals surface area contributed by atoms with Crippen molar-refractivity contribution in [2.75, 3.05) is 11.5 Å². The third kappa shape index (κ3) is 3.21. The van der Waals surface area contributed by atoms with Crippen LogP contribution >= 0.6 is 0 Å². The van der Waals surface area contributed by atoms with Crippen LogP contribution in [0.5, 0.6) is 5.75 Å². The number of amides is 1. The summed E-state index contributed by atoms with van der Waals surface area (Å²) in [5, 5.41) is 0. The van der Waals surface area contributed by atoms with E-state index in [-0.39, 0.29) is 18.6 Å². The molecule has 130 valence electrons. The first kappa shape index (κ1) is 16.4. The van der Waals surface area contributed by atoms with Crippen molar-refractivity contribution in [2.45, 2.75) is 19.4 Å². The van der Waals surface area contributed by atoms with Gasteiger partial charge >= 0.3 is 0 Å². The summed E-state index contributed by atoms with van der Waals surface area (Å²) in [6.45, 7) is 2.12. The van der Waals surface area contributed by atoms with E-state index in [1.54, 1.807) is 0 Å². The smallest absolute Gasteiger partial charge is 0.265 e. The lowest BCUT2D eigenvalue weighted by Crippen LogP contribution is -2.39. The molecule has 1 aliphatic rings. The summed E-state index contributed by atoms with van der Waals surface area (Å²) in [5.41, 5.74) is 4.53. The fourth-order valence-corrected chi connectivity index (χ4v) is 3.53. The quantitative estimate of drug-likeness (QED) is 0.686. The van der Waals surface area contributed by atoms with Crippen molar-refractivity contribution >= 4 is 11.6 Å². The Kier molecular flexibility index (Phi) is 4.44. The van der Waals surface area contributed by atoms with E-state index in [4.69, 9.17) is 4.74 Å². The lowest BCUT2D eigenvalue weighted by Gasteiger charge is -2.22. The zero-order chi connectivity index (χ0) is 17.9. The number of rotatable bonds is 4. The predicted molar refractivity (Wildman–Crippen MR) is 104 cm³/mol. The molecule has 0 saturated carbocycles. The number of carbonyl (C=O) groups excluding carboxylic acids is 1. The van der Waals surface area contributed by atoms with E-state index in [1.807, 2.05) is 65.6 Å². The summed E-state index contributed by atoms with van der Waals surface area (Å²) < 4.78 is 5.74. The molecule has 0 aromatic heterocycles. The minimum absolute atomic E-state index is 0.00501. The third-order valence-corrected chi connectivity index (χ3v) is 4.80. The molecular weight excluding hydrogens is 322 g/mol. The molecule has 4 rings (SSSR count). The molecule has 3 aromatic carbocycles. The van der Waals surface area contributed by atoms with Crippen molar-refractivity contribution in [3.05, 3.63) is 84.4 Å². The normalized spacial score (nSPS) is 15.6. The average molecular weight is 343 g/mol. The standard InChI is InChI=1S/C23H21NO2/c1-17-15-20-9-5-6-10-22(20)24(17)23(25)16-26-21-13-11-19(12-14-21)18-7-3-2-4-8-18/h2-14,17H,15-16H2,1H3. The highest BCUT2D eigenvalue weighted by Crippen LogP contribution is 2.32. The second-order valence-corrected chi connectivity index (χ2v) is 6.62. The van der Waals surface area contributed by atoms with Gasteiger partial charge in [0.25, 0.3) is 5.91 Å². The van der Waals surface area contributed by atoms with Crippen LogP contribution in [0.1, 0.15) is 12.5 Å². The van der Waals surface area contributed by atoms with Gasteiger partial charge in [0, 0.05) is 11.7 Å². The predicted octanol–water partition coefficient (Wildman–Crippen LogP) is 4.71. The molecule has 0 fully saturated rings. The summed E-state index contributed by atoms with van der Waals surface area (Å²) in [4.78, 5) is 14.5. The first-order valence-corrected chi connectivity index (χ1v) is 8.90. The van der Waals surface area contributed by atoms with Gasteiger partial charge < -0.3 is 9.64 Å². The van der Waals surface area contributed by atoms with E-state index in [2.05, 4.69) is 25.1 Å². The highest BCUT2D eigenvalue weighted by Gasteiger charge is 2.30. The Morgan fingerprint density at radius 3 is 2.35 bits per heavy atom. The largest absolute Gasteiger partial charge is 0.484 e. The number of fused-ring (bicyclic) bond motifs is 1. The molecule has 0 saturated heterocycles. The van der Waals surface area contributed by atoms with Crippen LogP contribution in [-0.4, -0.2) is 18.6 Å². The van der Waals surface area contributed by atoms with Gasteiger partial charge in [-0.25, -0.2) is 0 Å². The molecule has 0 radical (unpaired) electrons. The first-order valence-electron chi connectivity index (χ1n) is 8.90. The van der Waals surface area contributed by atoms with Gasteiger partial charge in [0.1, 0.15) is 5.75 Å². The zero-order valence-corrected chi connectivity index (χ0v) is 14.8. The highest BCUT2D eigenvalue weighted by atomic mass is 16.5. The van der Waals surface area contributed by atoms with Crippen LogP contribution < -0.4 is 9.64 Å². The van der Waals surface area contributed by atoms with E-state index in [1.165, 1.54) is 5.56 Å². The zero-order valence-electron chi connectivity index (χ0n) is 14.8. The van der Waals surface area contributed by atoms with Crippen LogP contribution in [0.15, 0.2) is 78.9 Å². The van der Waals surface area contributed by atoms with Gasteiger partial charge in [0.15, 0.2) is 6.61 Å². The molecule has 1 amide bonds. The molecule has 3 nitrogen and oxygen atoms in total. The lowest BCUT2D eigenvalue weighted by atomic mass is 10.1. The highest BCUT2D eigenvalue weighted by molar-refractivity contribution is 5.97. The molecule has 1 heterocycles. The second-order valence-electron chi connectivity index (χ2n) is 6.62. The van der Waals surface area contributed by atoms with Gasteiger partial charge in [0.2, 0.25) is 0 Å². The second kappa shape index (κ2) is 7.04. The Morgan fingerprint density at radius 1 is 0.923 bits per heavy atom. The Labute approximate surface area is 153 Å². The van der Waals surface area contributed by atoms with Gasteiger partial charge in [-0.3, -0.25) is 4.79 Å². The summed E-state index contributed by atoms with van der Waals surface area (Å²) >= 11 is 0. The molecule has 0 N–H and O–H groups in total. The molecule has 3 heteroatoms. The summed E-state index contributed by atoms with van der Waals surface area (Å²) in [6, 6.07) is 26.3. The van der Waals surface area contributed by atoms with E-state index in [0.29, 0.717) is 5.75 Å². The van der Waals surface area contributed by atoms with Crippen LogP contribution in [0.4, 0.5) is 5.69 Å². The monoisotopic (exact) mass is 343 g/mol. The van der Waals surface area contributed by atoms with Crippen LogP contribution in [-0.2, 0) is 11.2 Å². The number of nitrogens with zero attached hydrogens (tertiary/aromatic N) is 1. The fraction of sp³-hybridized carbons (Fsp3) is 0.174. The first-order chi connectivity index (χ1) is 12.7. The van der Waals surface area contributed by atoms with Crippen LogP contribution in [0.2, 0.25) is 0 Å². The minimum atomic E-state index is -0.00501. The van der Waals surface area contributed by atoms with Gasteiger partial charge in [-0.15, -0.1) is 0 Å². The molecule has 1 aliphatic heterocycles. The summed E-state index contributed by atoms with van der Waals surface area (Å²) in [6.07, 6.45) is 0.897. The Bertz CT molecular complexity index is 903. The molecule has 0 bridgehead atoms. The Morgan fingerprint density at radius 2 is 1.58 bits per heavy atom. The summed E-state index contributed by atoms with van der Waals surface area (Å²) in [5.74, 6) is 0.702. The fourth-order valence-electron chi connectivity index (χ4n) is 3.53. The molecule has 0 spiro atoms. The van der Waals surface area contributed by atoms with Gasteiger partial charge in [-0.1, -0.05) is 60.7 Å². The van der Waals surface area contributed by atoms with Crippen molar-refractivity contribution in [3.8, 4) is 16.9 Å². The molecule has 1 atom stereocenters. The van der Waals surface area contributed by atoms with E-state index in [0.717, 1.165) is 23.2 Å². The third-order valence-electron chi connectivity index (χ3n) is 4.80. The Hall–Kier alpha value is -3.07. The molecule has 26 heavy (non-hydrogen) atoms. The number of para-hydroxylation sites is 1. The Balaban J connectivity index is 1.42. The molecular formula is C23H21NO2. The maximum Gasteiger partial charge on any atom is 0.265 e. The maximum atomic E-state index is 12.7. The number of ether oxygens (including phenoxy) is 1. The maximum absolute atomic E-state index is 12.7. The van der Waals surface area contributed by atoms with Crippen LogP contribution in [0.25, 0.3) is 11.1 Å². The van der Waals surface area contributed by atoms with Crippen molar-refractivity contribution in [1.82, 2.24) is 0 Å². The summed E-state index contributed by atoms with van der Waals surface area (Å²) in [7, 11) is 0. The van der Waals surface area contributed by atoms with Crippen LogP contribution in [0.3, 0.4) is 0 Å². The van der Waals surface area contributed by atoms with Crippen molar-refractivity contribution < 1.29 is 9.53 Å². The van der Waals surface area contributed by atoms with Gasteiger partial charge in [-0.2, -0.15) is 0 Å². The molecule has 1 unspecified atom stereocenters. The van der Waals surface area contributed by atoms with E-state index in [9.17, 15) is 4.79 Å². The average Bonchev–Trinajstić information content (AvgIpc) is 3.03. The van der Waals surface area contributed by atoms with E-state index >= 15 is 0 Å². The number of anilines is 1. The minimum Gasteiger partial charge on any atom is -0.484 e. The number of hydrogen-bond donors (Lipinski definition) is 0. The van der Waals surface area contributed by atoms with Gasteiger partial charge in [-0.05, 0) is 48.2 Å². The van der Waals surface area contributed by atoms with Gasteiger partial charge in [0.05, 0.1) is 0 Å². The number of benzene rings is 3. The van der Waals surface area contributed by atoms with Crippen molar-refractivity contribution in [3.63, 3.8) is 0 Å². The van der Waals surface area contributed by atoms with Crippen molar-refractivity contribution in [1.29, 1.82) is 0 Å².